The zero-order chi connectivity index (χ0) is 14.4. The van der Waals surface area contributed by atoms with Crippen LogP contribution < -0.4 is 11.1 Å². The van der Waals surface area contributed by atoms with E-state index >= 15 is 0 Å². The number of carbonyl (C=O) groups excluding carboxylic acids is 1. The molecule has 0 spiro atoms. The maximum absolute atomic E-state index is 11.8. The summed E-state index contributed by atoms with van der Waals surface area (Å²) in [5, 5.41) is 12.3. The van der Waals surface area contributed by atoms with E-state index in [2.05, 4.69) is 10.3 Å². The number of unbranched alkanes of at least 4 members (excludes halogenated alkanes) is 1. The highest BCUT2D eigenvalue weighted by Gasteiger charge is 2.15. The van der Waals surface area contributed by atoms with Crippen LogP contribution in [0, 0.1) is 11.3 Å². The molecule has 4 N–H and O–H groups in total. The van der Waals surface area contributed by atoms with Crippen LogP contribution in [0.25, 0.3) is 10.9 Å². The third-order valence-corrected chi connectivity index (χ3v) is 3.22. The number of H-pyrrole nitrogens is 1. The highest BCUT2D eigenvalue weighted by Crippen LogP contribution is 2.18. The molecule has 0 radical (unpaired) electrons. The topological polar surface area (TPSA) is 94.7 Å². The lowest BCUT2D eigenvalue weighted by atomic mass is 10.1. The van der Waals surface area contributed by atoms with E-state index in [1.54, 1.807) is 0 Å². The van der Waals surface area contributed by atoms with Gasteiger partial charge in [-0.25, -0.2) is 0 Å². The number of benzene rings is 1. The highest BCUT2D eigenvalue weighted by molar-refractivity contribution is 5.86. The maximum Gasteiger partial charge on any atom is 0.237 e. The molecule has 1 heterocycles. The Hall–Kier alpha value is -2.32. The first-order valence-electron chi connectivity index (χ1n) is 6.67. The van der Waals surface area contributed by atoms with Crippen LogP contribution in [0.15, 0.2) is 30.5 Å². The van der Waals surface area contributed by atoms with E-state index in [0.29, 0.717) is 25.8 Å². The van der Waals surface area contributed by atoms with Crippen LogP contribution in [0.1, 0.15) is 18.4 Å². The van der Waals surface area contributed by atoms with Crippen molar-refractivity contribution in [1.82, 2.24) is 10.3 Å². The number of nitriles is 1. The Labute approximate surface area is 117 Å². The quantitative estimate of drug-likeness (QED) is 0.693. The van der Waals surface area contributed by atoms with Gasteiger partial charge in [-0.15, -0.1) is 0 Å². The lowest BCUT2D eigenvalue weighted by Gasteiger charge is -2.11. The second-order valence-corrected chi connectivity index (χ2v) is 4.72. The Kier molecular flexibility index (Phi) is 4.75. The van der Waals surface area contributed by atoms with Crippen LogP contribution in [0.5, 0.6) is 0 Å². The van der Waals surface area contributed by atoms with Gasteiger partial charge in [0.15, 0.2) is 0 Å². The van der Waals surface area contributed by atoms with Gasteiger partial charge in [0.1, 0.15) is 0 Å². The molecule has 1 aromatic heterocycles. The molecule has 5 heteroatoms. The third kappa shape index (κ3) is 3.37. The molecule has 104 valence electrons. The zero-order valence-corrected chi connectivity index (χ0v) is 11.2. The number of carbonyl (C=O) groups is 1. The molecule has 0 saturated heterocycles. The van der Waals surface area contributed by atoms with Crippen molar-refractivity contribution < 1.29 is 4.79 Å². The van der Waals surface area contributed by atoms with Crippen LogP contribution in [-0.4, -0.2) is 23.5 Å². The average molecular weight is 270 g/mol. The molecule has 0 fully saturated rings. The Morgan fingerprint density at radius 1 is 1.45 bits per heavy atom. The Morgan fingerprint density at radius 2 is 2.25 bits per heavy atom. The average Bonchev–Trinajstić information content (AvgIpc) is 2.87. The Bertz CT molecular complexity index is 626. The molecule has 1 aromatic carbocycles. The molecule has 1 atom stereocenters. The van der Waals surface area contributed by atoms with Crippen LogP contribution in [-0.2, 0) is 11.2 Å². The minimum atomic E-state index is -0.573. The SMILES string of the molecule is N#CCCCNC(=O)[C@@H](N)Cc1c[nH]c2ccccc12. The van der Waals surface area contributed by atoms with E-state index in [1.165, 1.54) is 0 Å². The summed E-state index contributed by atoms with van der Waals surface area (Å²) >= 11 is 0. The van der Waals surface area contributed by atoms with Gasteiger partial charge in [-0.1, -0.05) is 18.2 Å². The number of aromatic amines is 1. The largest absolute Gasteiger partial charge is 0.361 e. The van der Waals surface area contributed by atoms with Gasteiger partial charge in [0.05, 0.1) is 12.1 Å². The van der Waals surface area contributed by atoms with Gasteiger partial charge in [-0.3, -0.25) is 4.79 Å². The van der Waals surface area contributed by atoms with Crippen molar-refractivity contribution >= 4 is 16.8 Å². The number of nitrogens with zero attached hydrogens (tertiary/aromatic N) is 1. The minimum Gasteiger partial charge on any atom is -0.361 e. The van der Waals surface area contributed by atoms with E-state index in [1.807, 2.05) is 36.5 Å². The predicted octanol–water partition coefficient (Wildman–Crippen LogP) is 1.46. The van der Waals surface area contributed by atoms with Gasteiger partial charge in [0.2, 0.25) is 5.91 Å². The standard InChI is InChI=1S/C15H18N4O/c16-7-3-4-8-18-15(20)13(17)9-11-10-19-14-6-2-1-5-12(11)14/h1-2,5-6,10,13,19H,3-4,8-9,17H2,(H,18,20)/t13-/m0/s1. The first-order valence-corrected chi connectivity index (χ1v) is 6.67. The van der Waals surface area contributed by atoms with Crippen molar-refractivity contribution in [2.45, 2.75) is 25.3 Å². The number of amides is 1. The summed E-state index contributed by atoms with van der Waals surface area (Å²) in [7, 11) is 0. The third-order valence-electron chi connectivity index (χ3n) is 3.22. The molecular formula is C15H18N4O. The van der Waals surface area contributed by atoms with E-state index in [-0.39, 0.29) is 5.91 Å². The van der Waals surface area contributed by atoms with E-state index in [0.717, 1.165) is 16.5 Å². The second-order valence-electron chi connectivity index (χ2n) is 4.72. The molecule has 0 saturated carbocycles. The summed E-state index contributed by atoms with van der Waals surface area (Å²) < 4.78 is 0. The summed E-state index contributed by atoms with van der Waals surface area (Å²) in [4.78, 5) is 15.0. The van der Waals surface area contributed by atoms with Crippen LogP contribution in [0.3, 0.4) is 0 Å². The number of nitrogens with two attached hydrogens (primary N) is 1. The van der Waals surface area contributed by atoms with Gasteiger partial charge in [-0.05, 0) is 24.5 Å². The van der Waals surface area contributed by atoms with Crippen molar-refractivity contribution in [1.29, 1.82) is 5.26 Å². The molecule has 0 unspecified atom stereocenters. The van der Waals surface area contributed by atoms with Gasteiger partial charge < -0.3 is 16.0 Å². The van der Waals surface area contributed by atoms with Crippen molar-refractivity contribution in [3.63, 3.8) is 0 Å². The highest BCUT2D eigenvalue weighted by atomic mass is 16.2. The fourth-order valence-electron chi connectivity index (χ4n) is 2.14. The number of aromatic nitrogens is 1. The van der Waals surface area contributed by atoms with Gasteiger partial charge in [0, 0.05) is 30.1 Å². The summed E-state index contributed by atoms with van der Waals surface area (Å²) in [5.41, 5.74) is 8.01. The van der Waals surface area contributed by atoms with Gasteiger partial charge >= 0.3 is 0 Å². The fraction of sp³-hybridized carbons (Fsp3) is 0.333. The molecule has 0 aliphatic heterocycles. The van der Waals surface area contributed by atoms with E-state index in [9.17, 15) is 4.79 Å². The molecule has 2 rings (SSSR count). The number of fused-ring (bicyclic) bond motifs is 1. The maximum atomic E-state index is 11.8. The summed E-state index contributed by atoms with van der Waals surface area (Å²) in [6.07, 6.45) is 3.49. The first kappa shape index (κ1) is 14.1. The molecule has 5 nitrogen and oxygen atoms in total. The van der Waals surface area contributed by atoms with Crippen molar-refractivity contribution in [2.75, 3.05) is 6.54 Å². The minimum absolute atomic E-state index is 0.173. The molecular weight excluding hydrogens is 252 g/mol. The van der Waals surface area contributed by atoms with Gasteiger partial charge in [0.25, 0.3) is 0 Å². The normalized spacial score (nSPS) is 12.0. The monoisotopic (exact) mass is 270 g/mol. The van der Waals surface area contributed by atoms with Crippen LogP contribution in [0.4, 0.5) is 0 Å². The van der Waals surface area contributed by atoms with Crippen molar-refractivity contribution in [3.8, 4) is 6.07 Å². The fourth-order valence-corrected chi connectivity index (χ4v) is 2.14. The first-order chi connectivity index (χ1) is 9.72. The number of para-hydroxylation sites is 1. The lowest BCUT2D eigenvalue weighted by Crippen LogP contribution is -2.42. The molecule has 0 aliphatic carbocycles. The zero-order valence-electron chi connectivity index (χ0n) is 11.2. The van der Waals surface area contributed by atoms with Crippen LogP contribution in [0.2, 0.25) is 0 Å². The number of nitrogens with one attached hydrogen (secondary N) is 2. The molecule has 0 bridgehead atoms. The van der Waals surface area contributed by atoms with Gasteiger partial charge in [-0.2, -0.15) is 5.26 Å². The molecule has 20 heavy (non-hydrogen) atoms. The van der Waals surface area contributed by atoms with Crippen molar-refractivity contribution in [2.24, 2.45) is 5.73 Å². The summed E-state index contributed by atoms with van der Waals surface area (Å²) in [6, 6.07) is 9.40. The van der Waals surface area contributed by atoms with Crippen LogP contribution >= 0.6 is 0 Å². The molecule has 0 aliphatic rings. The summed E-state index contributed by atoms with van der Waals surface area (Å²) in [6.45, 7) is 0.494. The Morgan fingerprint density at radius 3 is 3.05 bits per heavy atom. The number of hydrogen-bond donors (Lipinski definition) is 3. The smallest absolute Gasteiger partial charge is 0.237 e. The number of hydrogen-bond acceptors (Lipinski definition) is 3. The number of rotatable bonds is 6. The summed E-state index contributed by atoms with van der Waals surface area (Å²) in [5.74, 6) is -0.173. The second kappa shape index (κ2) is 6.73. The molecule has 1 amide bonds. The predicted molar refractivity (Wildman–Crippen MR) is 77.8 cm³/mol. The Balaban J connectivity index is 1.92. The van der Waals surface area contributed by atoms with E-state index < -0.39 is 6.04 Å². The van der Waals surface area contributed by atoms with E-state index in [4.69, 9.17) is 11.0 Å². The lowest BCUT2D eigenvalue weighted by molar-refractivity contribution is -0.122. The van der Waals surface area contributed by atoms with Crippen molar-refractivity contribution in [3.05, 3.63) is 36.0 Å². The molecule has 2 aromatic rings.